The molecule has 2 aliphatic rings. The summed E-state index contributed by atoms with van der Waals surface area (Å²) >= 11 is 0. The van der Waals surface area contributed by atoms with Crippen LogP contribution in [0.2, 0.25) is 0 Å². The van der Waals surface area contributed by atoms with Crippen LogP contribution in [0.1, 0.15) is 33.1 Å². The molecule has 0 bridgehead atoms. The first-order valence-electron chi connectivity index (χ1n) is 11.2. The molecular weight excluding hydrogens is 494 g/mol. The standard InChI is InChI=1S/C22H25N5O6S2/c1-13(2)9-11-27-22(29)19(20(28)17-4-3-10-26(17)27)21-23-16-8-5-14(12-18(16)35(32,33)25-21)24-34(30,31)15-6-7-15/h3-5,8,10,12-13,15,23-25H,6-7,9,11H2,1-2H3/b21-19+. The van der Waals surface area contributed by atoms with Crippen molar-refractivity contribution >= 4 is 42.8 Å². The largest absolute Gasteiger partial charge is 0.339 e. The second-order valence-corrected chi connectivity index (χ2v) is 12.8. The van der Waals surface area contributed by atoms with E-state index in [0.717, 1.165) is 0 Å². The molecule has 2 aromatic heterocycles. The zero-order valence-corrected chi connectivity index (χ0v) is 20.7. The quantitative estimate of drug-likeness (QED) is 0.432. The zero-order chi connectivity index (χ0) is 25.1. The summed E-state index contributed by atoms with van der Waals surface area (Å²) in [6.07, 6.45) is 3.43. The Labute approximate surface area is 201 Å². The molecular formula is C22H25N5O6S2. The van der Waals surface area contributed by atoms with Crippen LogP contribution in [-0.2, 0) is 26.6 Å². The number of benzene rings is 1. The van der Waals surface area contributed by atoms with Gasteiger partial charge in [0, 0.05) is 18.4 Å². The molecule has 35 heavy (non-hydrogen) atoms. The fraction of sp³-hybridized carbons (Fsp3) is 0.364. The lowest BCUT2D eigenvalue weighted by atomic mass is 10.1. The Morgan fingerprint density at radius 2 is 1.91 bits per heavy atom. The van der Waals surface area contributed by atoms with Crippen molar-refractivity contribution in [2.24, 2.45) is 5.92 Å². The van der Waals surface area contributed by atoms with Gasteiger partial charge in [0.05, 0.1) is 10.9 Å². The van der Waals surface area contributed by atoms with Crippen molar-refractivity contribution in [3.63, 3.8) is 0 Å². The van der Waals surface area contributed by atoms with E-state index in [1.807, 2.05) is 13.8 Å². The lowest BCUT2D eigenvalue weighted by Crippen LogP contribution is -2.52. The second-order valence-electron chi connectivity index (χ2n) is 9.22. The van der Waals surface area contributed by atoms with E-state index in [1.54, 1.807) is 18.3 Å². The minimum atomic E-state index is -4.21. The van der Waals surface area contributed by atoms with Crippen molar-refractivity contribution in [1.29, 1.82) is 0 Å². The Morgan fingerprint density at radius 1 is 1.17 bits per heavy atom. The molecule has 0 amide bonds. The maximum absolute atomic E-state index is 13.4. The summed E-state index contributed by atoms with van der Waals surface area (Å²) in [5.74, 6) is 0.0704. The van der Waals surface area contributed by atoms with Gasteiger partial charge in [-0.3, -0.25) is 23.5 Å². The molecule has 5 rings (SSSR count). The van der Waals surface area contributed by atoms with Crippen molar-refractivity contribution in [3.05, 3.63) is 62.3 Å². The normalized spacial score (nSPS) is 18.7. The Balaban J connectivity index is 1.65. The van der Waals surface area contributed by atoms with Gasteiger partial charge in [-0.25, -0.2) is 21.5 Å². The summed E-state index contributed by atoms with van der Waals surface area (Å²) in [6, 6.07) is 7.25. The van der Waals surface area contributed by atoms with Gasteiger partial charge < -0.3 is 5.32 Å². The maximum Gasteiger partial charge on any atom is 0.280 e. The number of hydrogen-bond donors (Lipinski definition) is 3. The Hall–Kier alpha value is -3.32. The number of nitrogens with one attached hydrogen (secondary N) is 3. The number of rotatable bonds is 6. The first-order chi connectivity index (χ1) is 16.5. The summed E-state index contributed by atoms with van der Waals surface area (Å²) in [4.78, 5) is 26.4. The highest BCUT2D eigenvalue weighted by Gasteiger charge is 2.36. The van der Waals surface area contributed by atoms with E-state index in [0.29, 0.717) is 31.7 Å². The van der Waals surface area contributed by atoms with Gasteiger partial charge >= 0.3 is 0 Å². The van der Waals surface area contributed by atoms with Crippen LogP contribution in [0.5, 0.6) is 0 Å². The average Bonchev–Trinajstić information content (AvgIpc) is 3.52. The zero-order valence-electron chi connectivity index (χ0n) is 19.1. The molecule has 3 N–H and O–H groups in total. The molecule has 0 atom stereocenters. The van der Waals surface area contributed by atoms with Crippen LogP contribution < -0.4 is 31.0 Å². The third-order valence-electron chi connectivity index (χ3n) is 6.06. The molecule has 0 unspecified atom stereocenters. The fourth-order valence-electron chi connectivity index (χ4n) is 4.03. The Bertz CT molecular complexity index is 1730. The average molecular weight is 520 g/mol. The summed E-state index contributed by atoms with van der Waals surface area (Å²) in [6.45, 7) is 4.38. The SMILES string of the molecule is CC(C)CCn1c(=O)/c(=C2\Nc3ccc(NS(=O)(=O)C4CC4)cc3S(=O)(=O)N2)c(=O)c2cccn21. The van der Waals surface area contributed by atoms with E-state index in [4.69, 9.17) is 0 Å². The monoisotopic (exact) mass is 519 g/mol. The lowest BCUT2D eigenvalue weighted by Gasteiger charge is -2.23. The molecule has 0 spiro atoms. The molecule has 1 saturated carbocycles. The summed E-state index contributed by atoms with van der Waals surface area (Å²) in [5, 5.41) is 2.07. The highest BCUT2D eigenvalue weighted by Crippen LogP contribution is 2.33. The molecule has 3 aromatic rings. The van der Waals surface area contributed by atoms with Gasteiger partial charge in [-0.05, 0) is 55.5 Å². The van der Waals surface area contributed by atoms with E-state index in [1.165, 1.54) is 27.4 Å². The number of fused-ring (bicyclic) bond motifs is 2. The van der Waals surface area contributed by atoms with Crippen LogP contribution in [0.15, 0.2) is 51.0 Å². The van der Waals surface area contributed by atoms with Gasteiger partial charge in [-0.2, -0.15) is 0 Å². The minimum Gasteiger partial charge on any atom is -0.339 e. The lowest BCUT2D eigenvalue weighted by molar-refractivity contribution is 0.455. The number of sulfonamides is 2. The van der Waals surface area contributed by atoms with Crippen molar-refractivity contribution < 1.29 is 16.8 Å². The summed E-state index contributed by atoms with van der Waals surface area (Å²) < 4.78 is 58.3. The molecule has 186 valence electrons. The van der Waals surface area contributed by atoms with Gasteiger partial charge in [-0.15, -0.1) is 0 Å². The number of anilines is 2. The van der Waals surface area contributed by atoms with Crippen molar-refractivity contribution in [2.75, 3.05) is 10.0 Å². The van der Waals surface area contributed by atoms with Gasteiger partial charge in [-0.1, -0.05) is 13.8 Å². The van der Waals surface area contributed by atoms with E-state index >= 15 is 0 Å². The molecule has 1 aromatic carbocycles. The van der Waals surface area contributed by atoms with Gasteiger partial charge in [0.2, 0.25) is 15.5 Å². The fourth-order valence-corrected chi connectivity index (χ4v) is 6.63. The first-order valence-corrected chi connectivity index (χ1v) is 14.2. The molecule has 11 nitrogen and oxygen atoms in total. The summed E-state index contributed by atoms with van der Waals surface area (Å²) in [5.41, 5.74) is -0.755. The number of aryl methyl sites for hydroxylation is 1. The predicted molar refractivity (Wildman–Crippen MR) is 132 cm³/mol. The molecule has 1 aliphatic heterocycles. The molecule has 1 fully saturated rings. The molecule has 13 heteroatoms. The third kappa shape index (κ3) is 4.18. The Kier molecular flexibility index (Phi) is 5.44. The number of nitrogens with zero attached hydrogens (tertiary/aromatic N) is 2. The van der Waals surface area contributed by atoms with E-state index in [9.17, 15) is 26.4 Å². The van der Waals surface area contributed by atoms with E-state index in [2.05, 4.69) is 14.8 Å². The van der Waals surface area contributed by atoms with Crippen LogP contribution in [0.4, 0.5) is 11.4 Å². The van der Waals surface area contributed by atoms with Crippen LogP contribution in [0, 0.1) is 5.92 Å². The first kappa shape index (κ1) is 23.4. The maximum atomic E-state index is 13.4. The molecule has 1 aliphatic carbocycles. The third-order valence-corrected chi connectivity index (χ3v) is 9.31. The molecule has 0 radical (unpaired) electrons. The highest BCUT2D eigenvalue weighted by molar-refractivity contribution is 7.93. The second kappa shape index (κ2) is 8.12. The van der Waals surface area contributed by atoms with Crippen LogP contribution >= 0.6 is 0 Å². The van der Waals surface area contributed by atoms with Crippen molar-refractivity contribution in [3.8, 4) is 0 Å². The molecule has 0 saturated heterocycles. The van der Waals surface area contributed by atoms with Crippen LogP contribution in [0.25, 0.3) is 11.3 Å². The van der Waals surface area contributed by atoms with Crippen LogP contribution in [-0.4, -0.2) is 31.3 Å². The van der Waals surface area contributed by atoms with Gasteiger partial charge in [0.25, 0.3) is 15.6 Å². The highest BCUT2D eigenvalue weighted by atomic mass is 32.2. The van der Waals surface area contributed by atoms with Gasteiger partial charge in [0.15, 0.2) is 0 Å². The van der Waals surface area contributed by atoms with Crippen molar-refractivity contribution in [2.45, 2.75) is 49.8 Å². The summed E-state index contributed by atoms with van der Waals surface area (Å²) in [7, 11) is -7.79. The predicted octanol–water partition coefficient (Wildman–Crippen LogP) is 0.600. The van der Waals surface area contributed by atoms with Gasteiger partial charge in [0.1, 0.15) is 21.5 Å². The number of hydrogen-bond acceptors (Lipinski definition) is 7. The molecule has 3 heterocycles. The minimum absolute atomic E-state index is 0.112. The van der Waals surface area contributed by atoms with Crippen molar-refractivity contribution in [1.82, 2.24) is 13.9 Å². The number of aromatic nitrogens is 2. The topological polar surface area (TPSA) is 148 Å². The Morgan fingerprint density at radius 3 is 2.60 bits per heavy atom. The smallest absolute Gasteiger partial charge is 0.280 e. The van der Waals surface area contributed by atoms with E-state index in [-0.39, 0.29) is 32.8 Å². The van der Waals surface area contributed by atoms with Crippen LogP contribution in [0.3, 0.4) is 0 Å². The van der Waals surface area contributed by atoms with E-state index < -0.39 is 36.3 Å².